The second-order valence-corrected chi connectivity index (χ2v) is 4.67. The van der Waals surface area contributed by atoms with Gasteiger partial charge in [-0.25, -0.2) is 4.79 Å². The Labute approximate surface area is 128 Å². The SMILES string of the molecule is COc1ccccc1COC(=O)c1cc(Cl)ccc1OC. The maximum Gasteiger partial charge on any atom is 0.342 e. The number of methoxy groups -OCH3 is 2. The van der Waals surface area contributed by atoms with Gasteiger partial charge >= 0.3 is 5.97 Å². The van der Waals surface area contributed by atoms with Crippen molar-refractivity contribution < 1.29 is 19.0 Å². The van der Waals surface area contributed by atoms with Crippen LogP contribution in [0, 0.1) is 0 Å². The Bertz CT molecular complexity index is 640. The van der Waals surface area contributed by atoms with Crippen LogP contribution in [0.15, 0.2) is 42.5 Å². The highest BCUT2D eigenvalue weighted by Gasteiger charge is 2.15. The fraction of sp³-hybridized carbons (Fsp3) is 0.188. The van der Waals surface area contributed by atoms with Gasteiger partial charge in [0.2, 0.25) is 0 Å². The zero-order valence-electron chi connectivity index (χ0n) is 11.8. The molecule has 0 saturated carbocycles. The number of ether oxygens (including phenoxy) is 3. The fourth-order valence-corrected chi connectivity index (χ4v) is 2.06. The van der Waals surface area contributed by atoms with E-state index >= 15 is 0 Å². The molecule has 0 aliphatic heterocycles. The van der Waals surface area contributed by atoms with E-state index in [1.165, 1.54) is 13.2 Å². The molecule has 0 aliphatic rings. The van der Waals surface area contributed by atoms with E-state index in [1.54, 1.807) is 19.2 Å². The van der Waals surface area contributed by atoms with Gasteiger partial charge in [0.05, 0.1) is 14.2 Å². The lowest BCUT2D eigenvalue weighted by atomic mass is 10.2. The van der Waals surface area contributed by atoms with Crippen LogP contribution in [-0.4, -0.2) is 20.2 Å². The summed E-state index contributed by atoms with van der Waals surface area (Å²) in [5.41, 5.74) is 1.08. The van der Waals surface area contributed by atoms with Gasteiger partial charge in [-0.1, -0.05) is 29.8 Å². The van der Waals surface area contributed by atoms with Crippen molar-refractivity contribution in [2.45, 2.75) is 6.61 Å². The molecule has 0 bridgehead atoms. The van der Waals surface area contributed by atoms with Crippen molar-refractivity contribution in [3.05, 3.63) is 58.6 Å². The molecule has 0 unspecified atom stereocenters. The summed E-state index contributed by atoms with van der Waals surface area (Å²) >= 11 is 5.90. The molecule has 2 aromatic rings. The van der Waals surface area contributed by atoms with E-state index in [-0.39, 0.29) is 6.61 Å². The standard InChI is InChI=1S/C16H15ClO4/c1-19-14-6-4-3-5-11(14)10-21-16(18)13-9-12(17)7-8-15(13)20-2/h3-9H,10H2,1-2H3. The molecule has 0 saturated heterocycles. The highest BCUT2D eigenvalue weighted by Crippen LogP contribution is 2.24. The first-order valence-corrected chi connectivity index (χ1v) is 6.66. The molecule has 2 aromatic carbocycles. The van der Waals surface area contributed by atoms with Gasteiger partial charge in [-0.15, -0.1) is 0 Å². The van der Waals surface area contributed by atoms with Gasteiger partial charge in [0.25, 0.3) is 0 Å². The van der Waals surface area contributed by atoms with Crippen LogP contribution in [0.1, 0.15) is 15.9 Å². The Hall–Kier alpha value is -2.20. The van der Waals surface area contributed by atoms with Crippen molar-refractivity contribution in [2.75, 3.05) is 14.2 Å². The van der Waals surface area contributed by atoms with Crippen molar-refractivity contribution in [2.24, 2.45) is 0 Å². The Morgan fingerprint density at radius 1 is 1.05 bits per heavy atom. The molecular weight excluding hydrogens is 292 g/mol. The molecule has 0 N–H and O–H groups in total. The number of para-hydroxylation sites is 1. The number of carbonyl (C=O) groups excluding carboxylic acids is 1. The monoisotopic (exact) mass is 306 g/mol. The fourth-order valence-electron chi connectivity index (χ4n) is 1.88. The van der Waals surface area contributed by atoms with Crippen LogP contribution in [0.5, 0.6) is 11.5 Å². The minimum atomic E-state index is -0.500. The van der Waals surface area contributed by atoms with Crippen LogP contribution in [-0.2, 0) is 11.3 Å². The molecule has 110 valence electrons. The van der Waals surface area contributed by atoms with Crippen LogP contribution in [0.2, 0.25) is 5.02 Å². The van der Waals surface area contributed by atoms with Crippen LogP contribution in [0.25, 0.3) is 0 Å². The molecule has 0 aliphatic carbocycles. The quantitative estimate of drug-likeness (QED) is 0.790. The Kier molecular flexibility index (Phi) is 5.06. The first kappa shape index (κ1) is 15.2. The van der Waals surface area contributed by atoms with Crippen LogP contribution >= 0.6 is 11.6 Å². The summed E-state index contributed by atoms with van der Waals surface area (Å²) in [6.07, 6.45) is 0. The average molecular weight is 307 g/mol. The van der Waals surface area contributed by atoms with Crippen LogP contribution in [0.3, 0.4) is 0 Å². The minimum absolute atomic E-state index is 0.110. The minimum Gasteiger partial charge on any atom is -0.496 e. The molecular formula is C16H15ClO4. The van der Waals surface area contributed by atoms with Crippen molar-refractivity contribution in [3.63, 3.8) is 0 Å². The summed E-state index contributed by atoms with van der Waals surface area (Å²) in [6, 6.07) is 12.1. The maximum atomic E-state index is 12.1. The molecule has 0 fully saturated rings. The summed E-state index contributed by atoms with van der Waals surface area (Å²) in [5.74, 6) is 0.591. The lowest BCUT2D eigenvalue weighted by Gasteiger charge is -2.11. The predicted octanol–water partition coefficient (Wildman–Crippen LogP) is 3.71. The first-order chi connectivity index (χ1) is 10.2. The van der Waals surface area contributed by atoms with E-state index in [0.717, 1.165) is 5.56 Å². The molecule has 0 aromatic heterocycles. The third-order valence-corrected chi connectivity index (χ3v) is 3.17. The second kappa shape index (κ2) is 6.99. The summed E-state index contributed by atoms with van der Waals surface area (Å²) in [6.45, 7) is 0.110. The molecule has 0 atom stereocenters. The normalized spacial score (nSPS) is 10.0. The van der Waals surface area contributed by atoms with Crippen molar-refractivity contribution in [1.82, 2.24) is 0 Å². The van der Waals surface area contributed by atoms with E-state index in [4.69, 9.17) is 25.8 Å². The predicted molar refractivity (Wildman–Crippen MR) is 80.1 cm³/mol. The molecule has 0 amide bonds. The van der Waals surface area contributed by atoms with Gasteiger partial charge in [0.1, 0.15) is 23.7 Å². The molecule has 0 heterocycles. The maximum absolute atomic E-state index is 12.1. The summed E-state index contributed by atoms with van der Waals surface area (Å²) in [5, 5.41) is 0.444. The van der Waals surface area contributed by atoms with Crippen molar-refractivity contribution in [1.29, 1.82) is 0 Å². The van der Waals surface area contributed by atoms with Gasteiger partial charge in [-0.2, -0.15) is 0 Å². The topological polar surface area (TPSA) is 44.8 Å². The highest BCUT2D eigenvalue weighted by molar-refractivity contribution is 6.31. The van der Waals surface area contributed by atoms with Gasteiger partial charge in [0, 0.05) is 10.6 Å². The molecule has 2 rings (SSSR count). The number of benzene rings is 2. The van der Waals surface area contributed by atoms with Gasteiger partial charge in [-0.05, 0) is 24.3 Å². The number of hydrogen-bond acceptors (Lipinski definition) is 4. The highest BCUT2D eigenvalue weighted by atomic mass is 35.5. The van der Waals surface area contributed by atoms with E-state index in [2.05, 4.69) is 0 Å². The van der Waals surface area contributed by atoms with Crippen LogP contribution in [0.4, 0.5) is 0 Å². The van der Waals surface area contributed by atoms with Crippen molar-refractivity contribution >= 4 is 17.6 Å². The molecule has 5 heteroatoms. The second-order valence-electron chi connectivity index (χ2n) is 4.23. The summed E-state index contributed by atoms with van der Waals surface area (Å²) < 4.78 is 15.6. The van der Waals surface area contributed by atoms with E-state index in [9.17, 15) is 4.79 Å². The van der Waals surface area contributed by atoms with Crippen LogP contribution < -0.4 is 9.47 Å². The smallest absolute Gasteiger partial charge is 0.342 e. The average Bonchev–Trinajstić information content (AvgIpc) is 2.52. The number of rotatable bonds is 5. The number of hydrogen-bond donors (Lipinski definition) is 0. The zero-order valence-corrected chi connectivity index (χ0v) is 12.5. The van der Waals surface area contributed by atoms with E-state index in [1.807, 2.05) is 24.3 Å². The molecule has 21 heavy (non-hydrogen) atoms. The number of halogens is 1. The van der Waals surface area contributed by atoms with E-state index < -0.39 is 5.97 Å². The Morgan fingerprint density at radius 3 is 2.48 bits per heavy atom. The first-order valence-electron chi connectivity index (χ1n) is 6.28. The molecule has 0 spiro atoms. The molecule has 0 radical (unpaired) electrons. The van der Waals surface area contributed by atoms with Gasteiger partial charge in [0.15, 0.2) is 0 Å². The van der Waals surface area contributed by atoms with E-state index in [0.29, 0.717) is 22.1 Å². The lowest BCUT2D eigenvalue weighted by Crippen LogP contribution is -2.07. The van der Waals surface area contributed by atoms with Crippen molar-refractivity contribution in [3.8, 4) is 11.5 Å². The van der Waals surface area contributed by atoms with Gasteiger partial charge < -0.3 is 14.2 Å². The Morgan fingerprint density at radius 2 is 1.76 bits per heavy atom. The largest absolute Gasteiger partial charge is 0.496 e. The lowest BCUT2D eigenvalue weighted by molar-refractivity contribution is 0.0466. The third-order valence-electron chi connectivity index (χ3n) is 2.93. The third kappa shape index (κ3) is 3.67. The Balaban J connectivity index is 2.13. The summed E-state index contributed by atoms with van der Waals surface area (Å²) in [4.78, 5) is 12.1. The number of esters is 1. The van der Waals surface area contributed by atoms with Gasteiger partial charge in [-0.3, -0.25) is 0 Å². The number of carbonyl (C=O) groups is 1. The summed E-state index contributed by atoms with van der Waals surface area (Å²) in [7, 11) is 3.06. The zero-order chi connectivity index (χ0) is 15.2. The molecule has 4 nitrogen and oxygen atoms in total.